The van der Waals surface area contributed by atoms with Gasteiger partial charge in [-0.15, -0.1) is 0 Å². The predicted molar refractivity (Wildman–Crippen MR) is 83.5 cm³/mol. The van der Waals surface area contributed by atoms with Gasteiger partial charge >= 0.3 is 0 Å². The summed E-state index contributed by atoms with van der Waals surface area (Å²) in [4.78, 5) is 2.37. The van der Waals surface area contributed by atoms with Crippen LogP contribution in [0.5, 0.6) is 5.75 Å². The van der Waals surface area contributed by atoms with E-state index in [0.717, 1.165) is 45.2 Å². The fraction of sp³-hybridized carbons (Fsp3) is 0.333. The third-order valence-corrected chi connectivity index (χ3v) is 3.69. The number of morpholine rings is 1. The topological polar surface area (TPSA) is 21.7 Å². The smallest absolute Gasteiger partial charge is 0.119 e. The van der Waals surface area contributed by atoms with Gasteiger partial charge < -0.3 is 9.47 Å². The Hall–Kier alpha value is -1.84. The molecular formula is C18H20NO2. The van der Waals surface area contributed by atoms with Gasteiger partial charge in [-0.1, -0.05) is 36.4 Å². The van der Waals surface area contributed by atoms with E-state index >= 15 is 0 Å². The van der Waals surface area contributed by atoms with Crippen LogP contribution in [0.4, 0.5) is 0 Å². The largest absolute Gasteiger partial charge is 0.492 e. The molecule has 1 heterocycles. The van der Waals surface area contributed by atoms with Crippen molar-refractivity contribution in [2.24, 2.45) is 0 Å². The number of ether oxygens (including phenoxy) is 2. The highest BCUT2D eigenvalue weighted by Crippen LogP contribution is 2.21. The normalized spacial score (nSPS) is 15.8. The Morgan fingerprint density at radius 3 is 2.33 bits per heavy atom. The summed E-state index contributed by atoms with van der Waals surface area (Å²) in [7, 11) is 0. The van der Waals surface area contributed by atoms with E-state index in [0.29, 0.717) is 0 Å². The molecule has 1 saturated heterocycles. The highest BCUT2D eigenvalue weighted by atomic mass is 16.5. The highest BCUT2D eigenvalue weighted by Gasteiger charge is 2.09. The number of rotatable bonds is 5. The highest BCUT2D eigenvalue weighted by molar-refractivity contribution is 5.63. The molecule has 1 aliphatic rings. The van der Waals surface area contributed by atoms with Crippen molar-refractivity contribution in [3.63, 3.8) is 0 Å². The van der Waals surface area contributed by atoms with E-state index in [1.165, 1.54) is 11.1 Å². The van der Waals surface area contributed by atoms with Crippen LogP contribution in [-0.2, 0) is 4.74 Å². The fourth-order valence-corrected chi connectivity index (χ4v) is 2.44. The molecule has 0 unspecified atom stereocenters. The molecule has 0 spiro atoms. The third kappa shape index (κ3) is 4.06. The lowest BCUT2D eigenvalue weighted by Gasteiger charge is -2.26. The molecule has 0 aliphatic carbocycles. The molecular weight excluding hydrogens is 262 g/mol. The van der Waals surface area contributed by atoms with Crippen LogP contribution >= 0.6 is 0 Å². The predicted octanol–water partition coefficient (Wildman–Crippen LogP) is 2.86. The molecule has 0 saturated carbocycles. The first-order valence-electron chi connectivity index (χ1n) is 7.41. The first kappa shape index (κ1) is 14.1. The average Bonchev–Trinajstić information content (AvgIpc) is 2.57. The summed E-state index contributed by atoms with van der Waals surface area (Å²) in [5.74, 6) is 0.925. The van der Waals surface area contributed by atoms with Crippen molar-refractivity contribution in [1.29, 1.82) is 0 Å². The van der Waals surface area contributed by atoms with Crippen LogP contribution in [0.1, 0.15) is 0 Å². The lowest BCUT2D eigenvalue weighted by Crippen LogP contribution is -2.38. The Labute approximate surface area is 126 Å². The van der Waals surface area contributed by atoms with Gasteiger partial charge in [0.05, 0.1) is 13.2 Å². The summed E-state index contributed by atoms with van der Waals surface area (Å²) >= 11 is 0. The molecule has 109 valence electrons. The monoisotopic (exact) mass is 282 g/mol. The number of benzene rings is 2. The van der Waals surface area contributed by atoms with E-state index in [9.17, 15) is 0 Å². The summed E-state index contributed by atoms with van der Waals surface area (Å²) in [6, 6.07) is 19.3. The zero-order valence-electron chi connectivity index (χ0n) is 12.1. The van der Waals surface area contributed by atoms with Gasteiger partial charge in [-0.25, -0.2) is 0 Å². The zero-order chi connectivity index (χ0) is 14.3. The van der Waals surface area contributed by atoms with E-state index in [1.807, 2.05) is 24.3 Å². The molecule has 3 nitrogen and oxygen atoms in total. The van der Waals surface area contributed by atoms with Crippen LogP contribution in [0, 0.1) is 6.07 Å². The molecule has 1 aliphatic heterocycles. The summed E-state index contributed by atoms with van der Waals surface area (Å²) in [6.45, 7) is 5.37. The molecule has 3 heteroatoms. The van der Waals surface area contributed by atoms with Gasteiger partial charge in [-0.05, 0) is 29.3 Å². The van der Waals surface area contributed by atoms with Gasteiger partial charge in [0.15, 0.2) is 0 Å². The third-order valence-electron chi connectivity index (χ3n) is 3.69. The lowest BCUT2D eigenvalue weighted by atomic mass is 10.1. The van der Waals surface area contributed by atoms with E-state index in [-0.39, 0.29) is 0 Å². The number of hydrogen-bond donors (Lipinski definition) is 0. The van der Waals surface area contributed by atoms with Crippen LogP contribution in [0.25, 0.3) is 11.1 Å². The Morgan fingerprint density at radius 1 is 0.952 bits per heavy atom. The van der Waals surface area contributed by atoms with Gasteiger partial charge in [-0.2, -0.15) is 0 Å². The van der Waals surface area contributed by atoms with Crippen LogP contribution in [0.2, 0.25) is 0 Å². The Kier molecular flexibility index (Phi) is 4.87. The Bertz CT molecular complexity index is 533. The molecule has 0 aromatic heterocycles. The maximum atomic E-state index is 5.81. The van der Waals surface area contributed by atoms with Crippen LogP contribution in [-0.4, -0.2) is 44.4 Å². The molecule has 2 aromatic rings. The second kappa shape index (κ2) is 7.25. The molecule has 2 aromatic carbocycles. The van der Waals surface area contributed by atoms with Crippen LogP contribution < -0.4 is 4.74 Å². The molecule has 0 amide bonds. The maximum absolute atomic E-state index is 5.81. The standard InChI is InChI=1S/C18H20NO2/c1-2-4-16(5-3-1)17-6-8-18(9-7-17)21-15-12-19-10-13-20-14-11-19/h2-9H,10-15H2. The molecule has 1 radical (unpaired) electrons. The minimum absolute atomic E-state index is 0.722. The summed E-state index contributed by atoms with van der Waals surface area (Å²) < 4.78 is 11.1. The number of nitrogens with zero attached hydrogens (tertiary/aromatic N) is 1. The quantitative estimate of drug-likeness (QED) is 0.841. The van der Waals surface area contributed by atoms with Crippen molar-refractivity contribution in [2.45, 2.75) is 0 Å². The summed E-state index contributed by atoms with van der Waals surface area (Å²) in [5, 5.41) is 0. The van der Waals surface area contributed by atoms with Gasteiger partial charge in [-0.3, -0.25) is 4.90 Å². The summed E-state index contributed by atoms with van der Waals surface area (Å²) in [6.07, 6.45) is 0. The lowest BCUT2D eigenvalue weighted by molar-refractivity contribution is 0.0322. The molecule has 0 N–H and O–H groups in total. The first-order chi connectivity index (χ1) is 10.4. The molecule has 1 fully saturated rings. The van der Waals surface area contributed by atoms with Crippen molar-refractivity contribution in [2.75, 3.05) is 39.5 Å². The van der Waals surface area contributed by atoms with Crippen molar-refractivity contribution in [3.05, 3.63) is 54.6 Å². The van der Waals surface area contributed by atoms with Crippen LogP contribution in [0.3, 0.4) is 0 Å². The zero-order valence-corrected chi connectivity index (χ0v) is 12.1. The average molecular weight is 282 g/mol. The van der Waals surface area contributed by atoms with E-state index in [4.69, 9.17) is 9.47 Å². The van der Waals surface area contributed by atoms with Crippen molar-refractivity contribution < 1.29 is 9.47 Å². The van der Waals surface area contributed by atoms with Crippen molar-refractivity contribution in [3.8, 4) is 16.9 Å². The van der Waals surface area contributed by atoms with Gasteiger partial charge in [0.1, 0.15) is 12.4 Å². The van der Waals surface area contributed by atoms with Crippen molar-refractivity contribution in [1.82, 2.24) is 4.90 Å². The maximum Gasteiger partial charge on any atom is 0.119 e. The summed E-state index contributed by atoms with van der Waals surface area (Å²) in [5.41, 5.74) is 2.40. The number of hydrogen-bond acceptors (Lipinski definition) is 3. The molecule has 3 rings (SSSR count). The second-order valence-electron chi connectivity index (χ2n) is 5.12. The fourth-order valence-electron chi connectivity index (χ4n) is 2.44. The van der Waals surface area contributed by atoms with E-state index < -0.39 is 0 Å². The first-order valence-corrected chi connectivity index (χ1v) is 7.41. The SMILES string of the molecule is [c]1ccc(-c2ccc(OCCN3CCOCC3)cc2)cc1. The minimum atomic E-state index is 0.722. The van der Waals surface area contributed by atoms with E-state index in [1.54, 1.807) is 0 Å². The van der Waals surface area contributed by atoms with Gasteiger partial charge in [0, 0.05) is 19.6 Å². The van der Waals surface area contributed by atoms with Crippen LogP contribution in [0.15, 0.2) is 48.5 Å². The van der Waals surface area contributed by atoms with Crippen molar-refractivity contribution >= 4 is 0 Å². The van der Waals surface area contributed by atoms with E-state index in [2.05, 4.69) is 35.2 Å². The molecule has 0 bridgehead atoms. The molecule has 0 atom stereocenters. The van der Waals surface area contributed by atoms with Gasteiger partial charge in [0.2, 0.25) is 0 Å². The Balaban J connectivity index is 1.50. The Morgan fingerprint density at radius 2 is 1.62 bits per heavy atom. The van der Waals surface area contributed by atoms with Gasteiger partial charge in [0.25, 0.3) is 0 Å². The molecule has 21 heavy (non-hydrogen) atoms. The minimum Gasteiger partial charge on any atom is -0.492 e. The second-order valence-corrected chi connectivity index (χ2v) is 5.12.